The normalized spacial score (nSPS) is 11.2. The Morgan fingerprint density at radius 3 is 2.22 bits per heavy atom. The standard InChI is InChI=1S/C23H21N5O7S/c1-15-13-16(2)25-23(24-15)27-36(33,34)20-10-6-18(7-11-20)26-21(29)14-35-22(30)12-5-17-3-8-19(9-4-17)28(31)32/h3-13H,14H2,1-2H3,(H,26,29)(H,24,25,27). The van der Waals surface area contributed by atoms with Gasteiger partial charge in [0.25, 0.3) is 21.6 Å². The van der Waals surface area contributed by atoms with E-state index in [-0.39, 0.29) is 16.5 Å². The van der Waals surface area contributed by atoms with Crippen molar-refractivity contribution in [2.45, 2.75) is 18.7 Å². The highest BCUT2D eigenvalue weighted by molar-refractivity contribution is 7.92. The van der Waals surface area contributed by atoms with Gasteiger partial charge < -0.3 is 10.1 Å². The molecule has 12 nitrogen and oxygen atoms in total. The summed E-state index contributed by atoms with van der Waals surface area (Å²) in [6, 6.07) is 12.6. The van der Waals surface area contributed by atoms with Crippen LogP contribution < -0.4 is 10.0 Å². The van der Waals surface area contributed by atoms with Crippen LogP contribution in [0.5, 0.6) is 0 Å². The molecule has 0 radical (unpaired) electrons. The van der Waals surface area contributed by atoms with Crippen molar-refractivity contribution in [2.24, 2.45) is 0 Å². The number of hydrogen-bond acceptors (Lipinski definition) is 9. The van der Waals surface area contributed by atoms with E-state index in [4.69, 9.17) is 4.74 Å². The van der Waals surface area contributed by atoms with Gasteiger partial charge in [-0.15, -0.1) is 0 Å². The Bertz CT molecular complexity index is 1400. The van der Waals surface area contributed by atoms with E-state index in [0.717, 1.165) is 6.08 Å². The van der Waals surface area contributed by atoms with Gasteiger partial charge in [-0.25, -0.2) is 27.9 Å². The Kier molecular flexibility index (Phi) is 8.07. The number of anilines is 2. The summed E-state index contributed by atoms with van der Waals surface area (Å²) in [7, 11) is -3.95. The lowest BCUT2D eigenvalue weighted by Crippen LogP contribution is -2.20. The highest BCUT2D eigenvalue weighted by atomic mass is 32.2. The zero-order valence-electron chi connectivity index (χ0n) is 19.2. The fraction of sp³-hybridized carbons (Fsp3) is 0.130. The third-order valence-electron chi connectivity index (χ3n) is 4.52. The number of aryl methyl sites for hydroxylation is 2. The van der Waals surface area contributed by atoms with Gasteiger partial charge in [-0.3, -0.25) is 14.9 Å². The summed E-state index contributed by atoms with van der Waals surface area (Å²) in [4.78, 5) is 42.0. The molecule has 13 heteroatoms. The second kappa shape index (κ2) is 11.2. The Labute approximate surface area is 206 Å². The van der Waals surface area contributed by atoms with E-state index in [9.17, 15) is 28.1 Å². The van der Waals surface area contributed by atoms with Gasteiger partial charge in [0.15, 0.2) is 6.61 Å². The predicted octanol–water partition coefficient (Wildman–Crippen LogP) is 3.00. The number of esters is 1. The van der Waals surface area contributed by atoms with E-state index in [1.54, 1.807) is 19.9 Å². The lowest BCUT2D eigenvalue weighted by molar-refractivity contribution is -0.384. The highest BCUT2D eigenvalue weighted by Gasteiger charge is 2.16. The Balaban J connectivity index is 1.51. The van der Waals surface area contributed by atoms with Crippen LogP contribution in [0.1, 0.15) is 17.0 Å². The molecule has 0 saturated carbocycles. The van der Waals surface area contributed by atoms with E-state index in [1.165, 1.54) is 54.6 Å². The zero-order chi connectivity index (χ0) is 26.3. The van der Waals surface area contributed by atoms with E-state index in [0.29, 0.717) is 22.6 Å². The van der Waals surface area contributed by atoms with Crippen LogP contribution in [0.2, 0.25) is 0 Å². The van der Waals surface area contributed by atoms with Gasteiger partial charge in [0.05, 0.1) is 9.82 Å². The smallest absolute Gasteiger partial charge is 0.331 e. The number of ether oxygens (including phenoxy) is 1. The minimum atomic E-state index is -3.95. The van der Waals surface area contributed by atoms with Gasteiger partial charge in [0, 0.05) is 35.3 Å². The van der Waals surface area contributed by atoms with Gasteiger partial charge in [-0.05, 0) is 68.0 Å². The highest BCUT2D eigenvalue weighted by Crippen LogP contribution is 2.17. The maximum absolute atomic E-state index is 12.6. The fourth-order valence-electron chi connectivity index (χ4n) is 2.92. The molecule has 3 aromatic rings. The number of nitrogens with zero attached hydrogens (tertiary/aromatic N) is 3. The van der Waals surface area contributed by atoms with Crippen molar-refractivity contribution in [3.05, 3.63) is 87.7 Å². The maximum atomic E-state index is 12.6. The van der Waals surface area contributed by atoms with Crippen LogP contribution in [0.4, 0.5) is 17.3 Å². The molecular weight excluding hydrogens is 490 g/mol. The predicted molar refractivity (Wildman–Crippen MR) is 130 cm³/mol. The van der Waals surface area contributed by atoms with Crippen molar-refractivity contribution >= 4 is 45.3 Å². The number of nitro benzene ring substituents is 1. The third-order valence-corrected chi connectivity index (χ3v) is 5.86. The molecule has 0 aliphatic rings. The first-order valence-corrected chi connectivity index (χ1v) is 11.8. The molecule has 1 heterocycles. The number of non-ortho nitro benzene ring substituents is 1. The van der Waals surface area contributed by atoms with Crippen LogP contribution in [-0.2, 0) is 24.3 Å². The molecule has 3 rings (SSSR count). The first-order valence-electron chi connectivity index (χ1n) is 10.4. The molecule has 0 atom stereocenters. The number of aromatic nitrogens is 2. The van der Waals surface area contributed by atoms with E-state index in [2.05, 4.69) is 20.0 Å². The molecule has 186 valence electrons. The lowest BCUT2D eigenvalue weighted by Gasteiger charge is -2.09. The minimum absolute atomic E-state index is 0.0469. The van der Waals surface area contributed by atoms with Crippen LogP contribution in [0, 0.1) is 24.0 Å². The Morgan fingerprint density at radius 1 is 1.03 bits per heavy atom. The molecule has 36 heavy (non-hydrogen) atoms. The van der Waals surface area contributed by atoms with Crippen molar-refractivity contribution in [3.63, 3.8) is 0 Å². The summed E-state index contributed by atoms with van der Waals surface area (Å²) in [6.45, 7) is 2.86. The largest absolute Gasteiger partial charge is 0.452 e. The lowest BCUT2D eigenvalue weighted by atomic mass is 10.2. The maximum Gasteiger partial charge on any atom is 0.331 e. The fourth-order valence-corrected chi connectivity index (χ4v) is 3.87. The number of sulfonamides is 1. The topological polar surface area (TPSA) is 170 Å². The van der Waals surface area contributed by atoms with Crippen LogP contribution >= 0.6 is 0 Å². The quantitative estimate of drug-likeness (QED) is 0.190. The van der Waals surface area contributed by atoms with E-state index >= 15 is 0 Å². The Morgan fingerprint density at radius 2 is 1.64 bits per heavy atom. The molecule has 0 saturated heterocycles. The van der Waals surface area contributed by atoms with E-state index < -0.39 is 33.4 Å². The van der Waals surface area contributed by atoms with Crippen LogP contribution in [0.15, 0.2) is 65.6 Å². The number of rotatable bonds is 9. The molecule has 0 aliphatic heterocycles. The molecule has 1 aromatic heterocycles. The average molecular weight is 512 g/mol. The van der Waals surface area contributed by atoms with Crippen LogP contribution in [-0.4, -0.2) is 41.8 Å². The monoisotopic (exact) mass is 511 g/mol. The summed E-state index contributed by atoms with van der Waals surface area (Å²) >= 11 is 0. The number of carbonyl (C=O) groups excluding carboxylic acids is 2. The first kappa shape index (κ1) is 26.0. The number of nitro groups is 1. The van der Waals surface area contributed by atoms with Gasteiger partial charge in [-0.1, -0.05) is 0 Å². The first-order chi connectivity index (χ1) is 17.0. The Hall–Kier alpha value is -4.65. The van der Waals surface area contributed by atoms with Crippen molar-refractivity contribution in [3.8, 4) is 0 Å². The molecule has 0 fully saturated rings. The molecule has 0 spiro atoms. The summed E-state index contributed by atoms with van der Waals surface area (Å²) in [5.74, 6) is -1.47. The number of hydrogen-bond donors (Lipinski definition) is 2. The van der Waals surface area contributed by atoms with Crippen molar-refractivity contribution in [1.29, 1.82) is 0 Å². The minimum Gasteiger partial charge on any atom is -0.452 e. The molecule has 0 aliphatic carbocycles. The van der Waals surface area contributed by atoms with Gasteiger partial charge >= 0.3 is 5.97 Å². The summed E-state index contributed by atoms with van der Waals surface area (Å²) in [5, 5.41) is 13.1. The summed E-state index contributed by atoms with van der Waals surface area (Å²) in [6.07, 6.45) is 2.47. The second-order valence-electron chi connectivity index (χ2n) is 7.44. The van der Waals surface area contributed by atoms with E-state index in [1.807, 2.05) is 0 Å². The summed E-state index contributed by atoms with van der Waals surface area (Å²) < 4.78 is 32.3. The van der Waals surface area contributed by atoms with Gasteiger partial charge in [0.1, 0.15) is 0 Å². The number of carbonyl (C=O) groups is 2. The van der Waals surface area contributed by atoms with Gasteiger partial charge in [0.2, 0.25) is 5.95 Å². The molecule has 2 aromatic carbocycles. The zero-order valence-corrected chi connectivity index (χ0v) is 20.0. The molecule has 1 amide bonds. The third kappa shape index (κ3) is 7.43. The number of benzene rings is 2. The molecule has 2 N–H and O–H groups in total. The molecular formula is C23H21N5O7S. The van der Waals surface area contributed by atoms with Crippen LogP contribution in [0.3, 0.4) is 0 Å². The molecule has 0 unspecified atom stereocenters. The van der Waals surface area contributed by atoms with Crippen molar-refractivity contribution in [1.82, 2.24) is 9.97 Å². The summed E-state index contributed by atoms with van der Waals surface area (Å²) in [5.41, 5.74) is 1.97. The van der Waals surface area contributed by atoms with Crippen LogP contribution in [0.25, 0.3) is 6.08 Å². The van der Waals surface area contributed by atoms with Crippen molar-refractivity contribution < 1.29 is 27.7 Å². The molecule has 0 bridgehead atoms. The average Bonchev–Trinajstić information content (AvgIpc) is 2.81. The number of amides is 1. The second-order valence-corrected chi connectivity index (χ2v) is 9.12. The number of nitrogens with one attached hydrogen (secondary N) is 2. The SMILES string of the molecule is Cc1cc(C)nc(NS(=O)(=O)c2ccc(NC(=O)COC(=O)C=Cc3ccc([N+](=O)[O-])cc3)cc2)n1. The van der Waals surface area contributed by atoms with Gasteiger partial charge in [-0.2, -0.15) is 0 Å². The van der Waals surface area contributed by atoms with Crippen molar-refractivity contribution in [2.75, 3.05) is 16.6 Å².